The minimum absolute atomic E-state index is 1.36. The van der Waals surface area contributed by atoms with E-state index >= 15 is 0 Å². The topological polar surface area (TPSA) is 3.24 Å². The lowest BCUT2D eigenvalue weighted by Crippen LogP contribution is -2.27. The molecule has 0 aliphatic rings. The van der Waals surface area contributed by atoms with Crippen LogP contribution in [-0.4, -0.2) is 24.5 Å². The fraction of sp³-hybridized carbons (Fsp3) is 1.00. The van der Waals surface area contributed by atoms with Crippen LogP contribution in [0.15, 0.2) is 0 Å². The van der Waals surface area contributed by atoms with E-state index in [-0.39, 0.29) is 0 Å². The first-order valence-electron chi connectivity index (χ1n) is 15.1. The van der Waals surface area contributed by atoms with Gasteiger partial charge in [0, 0.05) is 0 Å². The molecule has 0 rings (SSSR count). The van der Waals surface area contributed by atoms with E-state index in [1.54, 1.807) is 0 Å². The van der Waals surface area contributed by atoms with Crippen molar-refractivity contribution in [2.75, 3.05) is 19.6 Å². The van der Waals surface area contributed by atoms with Gasteiger partial charge in [0.2, 0.25) is 0 Å². The third-order valence-electron chi connectivity index (χ3n) is 6.98. The van der Waals surface area contributed by atoms with E-state index in [1.165, 1.54) is 174 Å². The maximum Gasteiger partial charge on any atom is -0.00187 e. The zero-order valence-electron chi connectivity index (χ0n) is 22.5. The smallest absolute Gasteiger partial charge is 0.00187 e. The zero-order chi connectivity index (χ0) is 22.7. The van der Waals surface area contributed by atoms with Crippen LogP contribution in [0, 0.1) is 0 Å². The van der Waals surface area contributed by atoms with Crippen molar-refractivity contribution in [2.24, 2.45) is 0 Å². The van der Waals surface area contributed by atoms with Crippen molar-refractivity contribution in [3.63, 3.8) is 0 Å². The number of unbranched alkanes of at least 4 members (excludes halogenated alkanes) is 21. The highest BCUT2D eigenvalue weighted by atomic mass is 15.1. The summed E-state index contributed by atoms with van der Waals surface area (Å²) in [6, 6.07) is 0. The molecule has 1 nitrogen and oxygen atoms in total. The average Bonchev–Trinajstić information content (AvgIpc) is 2.78. The Morgan fingerprint density at radius 3 is 0.677 bits per heavy atom. The Balaban J connectivity index is 3.79. The van der Waals surface area contributed by atoms with Gasteiger partial charge in [0.15, 0.2) is 0 Å². The summed E-state index contributed by atoms with van der Waals surface area (Å²) >= 11 is 0. The van der Waals surface area contributed by atoms with E-state index in [0.717, 1.165) is 0 Å². The number of rotatable bonds is 27. The van der Waals surface area contributed by atoms with Gasteiger partial charge in [-0.15, -0.1) is 0 Å². The van der Waals surface area contributed by atoms with E-state index < -0.39 is 0 Å². The highest BCUT2D eigenvalue weighted by Gasteiger charge is 2.05. The Morgan fingerprint density at radius 2 is 0.452 bits per heavy atom. The van der Waals surface area contributed by atoms with Gasteiger partial charge in [-0.05, 0) is 38.9 Å². The quantitative estimate of drug-likeness (QED) is 0.115. The Labute approximate surface area is 199 Å². The van der Waals surface area contributed by atoms with Crippen molar-refractivity contribution < 1.29 is 0 Å². The predicted molar refractivity (Wildman–Crippen MR) is 144 cm³/mol. The van der Waals surface area contributed by atoms with Crippen LogP contribution in [0.1, 0.15) is 175 Å². The van der Waals surface area contributed by atoms with Crippen LogP contribution in [0.3, 0.4) is 0 Å². The molecular formula is C30H63N. The van der Waals surface area contributed by atoms with Gasteiger partial charge in [-0.25, -0.2) is 0 Å². The van der Waals surface area contributed by atoms with Gasteiger partial charge in [-0.2, -0.15) is 0 Å². The SMILES string of the molecule is CCCCCCCCCCCN(CCCCCCCC)CCCCCCCCCCC. The van der Waals surface area contributed by atoms with Crippen LogP contribution in [-0.2, 0) is 0 Å². The van der Waals surface area contributed by atoms with Gasteiger partial charge >= 0.3 is 0 Å². The zero-order valence-corrected chi connectivity index (χ0v) is 22.5. The standard InChI is InChI=1S/C30H63N/c1-4-7-10-13-16-18-20-23-26-29-31(28-25-22-15-12-9-6-3)30-27-24-21-19-17-14-11-8-5-2/h4-30H2,1-3H3. The van der Waals surface area contributed by atoms with Crippen LogP contribution >= 0.6 is 0 Å². The van der Waals surface area contributed by atoms with Crippen molar-refractivity contribution in [1.29, 1.82) is 0 Å². The summed E-state index contributed by atoms with van der Waals surface area (Å²) in [5.41, 5.74) is 0. The van der Waals surface area contributed by atoms with Gasteiger partial charge in [-0.1, -0.05) is 156 Å². The molecule has 0 aromatic carbocycles. The molecule has 0 atom stereocenters. The normalized spacial score (nSPS) is 11.6. The van der Waals surface area contributed by atoms with Crippen molar-refractivity contribution in [3.05, 3.63) is 0 Å². The minimum atomic E-state index is 1.36. The van der Waals surface area contributed by atoms with Crippen LogP contribution in [0.2, 0.25) is 0 Å². The van der Waals surface area contributed by atoms with Crippen LogP contribution < -0.4 is 0 Å². The lowest BCUT2D eigenvalue weighted by molar-refractivity contribution is 0.254. The van der Waals surface area contributed by atoms with E-state index in [2.05, 4.69) is 25.7 Å². The van der Waals surface area contributed by atoms with Crippen molar-refractivity contribution in [3.8, 4) is 0 Å². The molecule has 0 saturated carbocycles. The molecule has 0 amide bonds. The summed E-state index contributed by atoms with van der Waals surface area (Å²) in [5, 5.41) is 0. The molecule has 0 bridgehead atoms. The van der Waals surface area contributed by atoms with Gasteiger partial charge < -0.3 is 4.90 Å². The largest absolute Gasteiger partial charge is 0.303 e. The summed E-state index contributed by atoms with van der Waals surface area (Å²) in [5.74, 6) is 0. The summed E-state index contributed by atoms with van der Waals surface area (Å²) in [6.07, 6.45) is 34.7. The first-order chi connectivity index (χ1) is 15.3. The van der Waals surface area contributed by atoms with Crippen molar-refractivity contribution in [2.45, 2.75) is 175 Å². The molecule has 0 aromatic rings. The fourth-order valence-corrected chi connectivity index (χ4v) is 4.74. The molecule has 0 spiro atoms. The van der Waals surface area contributed by atoms with Gasteiger partial charge in [0.05, 0.1) is 0 Å². The third kappa shape index (κ3) is 26.1. The molecule has 0 fully saturated rings. The Kier molecular flexibility index (Phi) is 28.0. The Hall–Kier alpha value is -0.0400. The monoisotopic (exact) mass is 437 g/mol. The van der Waals surface area contributed by atoms with Gasteiger partial charge in [-0.3, -0.25) is 0 Å². The second-order valence-corrected chi connectivity index (χ2v) is 10.3. The first-order valence-corrected chi connectivity index (χ1v) is 15.1. The maximum absolute atomic E-state index is 2.82. The Bertz CT molecular complexity index is 279. The molecule has 188 valence electrons. The molecule has 0 N–H and O–H groups in total. The fourth-order valence-electron chi connectivity index (χ4n) is 4.74. The Morgan fingerprint density at radius 1 is 0.258 bits per heavy atom. The van der Waals surface area contributed by atoms with Crippen molar-refractivity contribution >= 4 is 0 Å². The molecule has 0 aliphatic carbocycles. The molecule has 0 aliphatic heterocycles. The van der Waals surface area contributed by atoms with Gasteiger partial charge in [0.25, 0.3) is 0 Å². The van der Waals surface area contributed by atoms with Gasteiger partial charge in [0.1, 0.15) is 0 Å². The highest BCUT2D eigenvalue weighted by Crippen LogP contribution is 2.13. The number of hydrogen-bond acceptors (Lipinski definition) is 1. The molecule has 0 unspecified atom stereocenters. The van der Waals surface area contributed by atoms with E-state index in [9.17, 15) is 0 Å². The molecule has 31 heavy (non-hydrogen) atoms. The molecule has 0 aromatic heterocycles. The number of hydrogen-bond donors (Lipinski definition) is 0. The second kappa shape index (κ2) is 28.0. The van der Waals surface area contributed by atoms with E-state index in [0.29, 0.717) is 0 Å². The third-order valence-corrected chi connectivity index (χ3v) is 6.98. The van der Waals surface area contributed by atoms with Crippen LogP contribution in [0.5, 0.6) is 0 Å². The summed E-state index contributed by atoms with van der Waals surface area (Å²) in [7, 11) is 0. The lowest BCUT2D eigenvalue weighted by Gasteiger charge is -2.22. The molecule has 0 saturated heterocycles. The minimum Gasteiger partial charge on any atom is -0.303 e. The van der Waals surface area contributed by atoms with Crippen LogP contribution in [0.4, 0.5) is 0 Å². The van der Waals surface area contributed by atoms with Crippen molar-refractivity contribution in [1.82, 2.24) is 4.90 Å². The molecule has 1 heteroatoms. The van der Waals surface area contributed by atoms with E-state index in [4.69, 9.17) is 0 Å². The number of nitrogens with zero attached hydrogens (tertiary/aromatic N) is 1. The molecular weight excluding hydrogens is 374 g/mol. The summed E-state index contributed by atoms with van der Waals surface area (Å²) in [4.78, 5) is 2.82. The summed E-state index contributed by atoms with van der Waals surface area (Å²) in [6.45, 7) is 11.0. The van der Waals surface area contributed by atoms with E-state index in [1.807, 2.05) is 0 Å². The predicted octanol–water partition coefficient (Wildman–Crippen LogP) is 10.7. The second-order valence-electron chi connectivity index (χ2n) is 10.3. The first kappa shape index (κ1) is 31.0. The van der Waals surface area contributed by atoms with Crippen LogP contribution in [0.25, 0.3) is 0 Å². The molecule has 0 radical (unpaired) electrons. The maximum atomic E-state index is 2.82. The summed E-state index contributed by atoms with van der Waals surface area (Å²) < 4.78 is 0. The molecule has 0 heterocycles. The highest BCUT2D eigenvalue weighted by molar-refractivity contribution is 4.60. The lowest BCUT2D eigenvalue weighted by atomic mass is 10.1. The average molecular weight is 438 g/mol.